The van der Waals surface area contributed by atoms with Crippen LogP contribution < -0.4 is 5.32 Å². The number of carbonyl (C=O) groups is 1. The molecule has 1 fully saturated rings. The van der Waals surface area contributed by atoms with Gasteiger partial charge < -0.3 is 14.5 Å². The molecule has 2 heterocycles. The molecule has 4 heteroatoms. The van der Waals surface area contributed by atoms with Crippen LogP contribution in [0.3, 0.4) is 0 Å². The van der Waals surface area contributed by atoms with E-state index < -0.39 is 0 Å². The Kier molecular flexibility index (Phi) is 4.19. The standard InChI is InChI=1S/C19H25NO3/c1-12-6-5-7-13-10-15(23-17(12)13)18(21)20-14-8-9-22-16(11-14)19(2,3)4/h5-7,10,14,16H,8-9,11H2,1-4H3,(H,20,21)/t14-,16+/m1/s1. The second-order valence-electron chi connectivity index (χ2n) is 7.52. The first kappa shape index (κ1) is 16.1. The van der Waals surface area contributed by atoms with E-state index in [9.17, 15) is 4.79 Å². The number of para-hydroxylation sites is 1. The number of rotatable bonds is 2. The van der Waals surface area contributed by atoms with Gasteiger partial charge in [0, 0.05) is 18.0 Å². The third kappa shape index (κ3) is 3.42. The smallest absolute Gasteiger partial charge is 0.287 e. The molecule has 2 atom stereocenters. The molecule has 0 unspecified atom stereocenters. The molecule has 3 rings (SSSR count). The van der Waals surface area contributed by atoms with Crippen molar-refractivity contribution < 1.29 is 13.9 Å². The van der Waals surface area contributed by atoms with Crippen molar-refractivity contribution in [1.29, 1.82) is 0 Å². The van der Waals surface area contributed by atoms with E-state index >= 15 is 0 Å². The number of aryl methyl sites for hydroxylation is 1. The van der Waals surface area contributed by atoms with Gasteiger partial charge in [-0.2, -0.15) is 0 Å². The highest BCUT2D eigenvalue weighted by molar-refractivity contribution is 5.96. The van der Waals surface area contributed by atoms with E-state index in [0.717, 1.165) is 29.4 Å². The average molecular weight is 315 g/mol. The summed E-state index contributed by atoms with van der Waals surface area (Å²) >= 11 is 0. The van der Waals surface area contributed by atoms with Crippen LogP contribution in [0.1, 0.15) is 49.7 Å². The van der Waals surface area contributed by atoms with E-state index in [0.29, 0.717) is 12.4 Å². The number of hydrogen-bond donors (Lipinski definition) is 1. The number of benzene rings is 1. The van der Waals surface area contributed by atoms with E-state index in [1.165, 1.54) is 0 Å². The highest BCUT2D eigenvalue weighted by Gasteiger charge is 2.32. The zero-order valence-electron chi connectivity index (χ0n) is 14.3. The monoisotopic (exact) mass is 315 g/mol. The van der Waals surface area contributed by atoms with E-state index in [4.69, 9.17) is 9.15 Å². The predicted octanol–water partition coefficient (Wildman–Crippen LogP) is 4.06. The van der Waals surface area contributed by atoms with Gasteiger partial charge in [-0.05, 0) is 36.8 Å². The van der Waals surface area contributed by atoms with Gasteiger partial charge in [-0.15, -0.1) is 0 Å². The van der Waals surface area contributed by atoms with Crippen molar-refractivity contribution >= 4 is 16.9 Å². The largest absolute Gasteiger partial charge is 0.451 e. The van der Waals surface area contributed by atoms with Crippen LogP contribution in [0.2, 0.25) is 0 Å². The molecule has 1 aliphatic rings. The van der Waals surface area contributed by atoms with E-state index in [1.807, 2.05) is 31.2 Å². The maximum absolute atomic E-state index is 12.5. The zero-order chi connectivity index (χ0) is 16.6. The normalized spacial score (nSPS) is 22.3. The molecule has 1 saturated heterocycles. The first-order chi connectivity index (χ1) is 10.8. The first-order valence-corrected chi connectivity index (χ1v) is 8.26. The molecule has 0 saturated carbocycles. The van der Waals surface area contributed by atoms with Gasteiger partial charge in [0.2, 0.25) is 0 Å². The van der Waals surface area contributed by atoms with Crippen LogP contribution in [0.5, 0.6) is 0 Å². The number of amides is 1. The van der Waals surface area contributed by atoms with Crippen molar-refractivity contribution in [2.75, 3.05) is 6.61 Å². The number of ether oxygens (including phenoxy) is 1. The van der Waals surface area contributed by atoms with Crippen LogP contribution in [0, 0.1) is 12.3 Å². The molecule has 0 radical (unpaired) electrons. The molecule has 1 N–H and O–H groups in total. The van der Waals surface area contributed by atoms with Gasteiger partial charge in [0.05, 0.1) is 6.10 Å². The van der Waals surface area contributed by atoms with Crippen molar-refractivity contribution in [2.24, 2.45) is 5.41 Å². The Morgan fingerprint density at radius 1 is 1.30 bits per heavy atom. The fraction of sp³-hybridized carbons (Fsp3) is 0.526. The lowest BCUT2D eigenvalue weighted by atomic mass is 9.83. The fourth-order valence-corrected chi connectivity index (χ4v) is 3.11. The Bertz CT molecular complexity index is 711. The Morgan fingerprint density at radius 3 is 2.78 bits per heavy atom. The molecule has 0 spiro atoms. The third-order valence-corrected chi connectivity index (χ3v) is 4.55. The van der Waals surface area contributed by atoms with Gasteiger partial charge in [-0.1, -0.05) is 39.0 Å². The van der Waals surface area contributed by atoms with E-state index in [-0.39, 0.29) is 23.5 Å². The molecule has 1 aromatic heterocycles. The molecule has 1 aromatic carbocycles. The minimum atomic E-state index is -0.139. The minimum absolute atomic E-state index is 0.0832. The number of hydrogen-bond acceptors (Lipinski definition) is 3. The van der Waals surface area contributed by atoms with Crippen LogP contribution in [0.25, 0.3) is 11.0 Å². The van der Waals surface area contributed by atoms with Crippen molar-refractivity contribution in [3.8, 4) is 0 Å². The van der Waals surface area contributed by atoms with Crippen molar-refractivity contribution in [3.63, 3.8) is 0 Å². The topological polar surface area (TPSA) is 51.5 Å². The Balaban J connectivity index is 1.72. The quantitative estimate of drug-likeness (QED) is 0.909. The van der Waals surface area contributed by atoms with Crippen LogP contribution in [0.15, 0.2) is 28.7 Å². The lowest BCUT2D eigenvalue weighted by Gasteiger charge is -2.37. The summed E-state index contributed by atoms with van der Waals surface area (Å²) in [6.07, 6.45) is 1.85. The number of fused-ring (bicyclic) bond motifs is 1. The molecule has 0 bridgehead atoms. The van der Waals surface area contributed by atoms with Gasteiger partial charge in [0.15, 0.2) is 5.76 Å². The first-order valence-electron chi connectivity index (χ1n) is 8.26. The van der Waals surface area contributed by atoms with Crippen LogP contribution >= 0.6 is 0 Å². The maximum Gasteiger partial charge on any atom is 0.287 e. The minimum Gasteiger partial charge on any atom is -0.451 e. The Hall–Kier alpha value is -1.81. The highest BCUT2D eigenvalue weighted by atomic mass is 16.5. The summed E-state index contributed by atoms with van der Waals surface area (Å²) in [4.78, 5) is 12.5. The zero-order valence-corrected chi connectivity index (χ0v) is 14.3. The lowest BCUT2D eigenvalue weighted by molar-refractivity contribution is -0.0570. The van der Waals surface area contributed by atoms with E-state index in [1.54, 1.807) is 0 Å². The molecule has 4 nitrogen and oxygen atoms in total. The SMILES string of the molecule is Cc1cccc2cc(C(=O)N[C@@H]3CCO[C@H](C(C)(C)C)C3)oc12. The summed E-state index contributed by atoms with van der Waals surface area (Å²) in [6, 6.07) is 7.88. The molecular weight excluding hydrogens is 290 g/mol. The van der Waals surface area contributed by atoms with Gasteiger partial charge >= 0.3 is 0 Å². The summed E-state index contributed by atoms with van der Waals surface area (Å²) in [5.41, 5.74) is 1.91. The summed E-state index contributed by atoms with van der Waals surface area (Å²) in [5, 5.41) is 4.07. The van der Waals surface area contributed by atoms with Gasteiger partial charge in [0.25, 0.3) is 5.91 Å². The Morgan fingerprint density at radius 2 is 2.09 bits per heavy atom. The van der Waals surface area contributed by atoms with Gasteiger partial charge in [0.1, 0.15) is 5.58 Å². The Labute approximate surface area is 137 Å². The van der Waals surface area contributed by atoms with Crippen molar-refractivity contribution in [2.45, 2.75) is 52.7 Å². The molecule has 0 aliphatic carbocycles. The van der Waals surface area contributed by atoms with Crippen LogP contribution in [0.4, 0.5) is 0 Å². The summed E-state index contributed by atoms with van der Waals surface area (Å²) in [7, 11) is 0. The highest BCUT2D eigenvalue weighted by Crippen LogP contribution is 2.30. The maximum atomic E-state index is 12.5. The van der Waals surface area contributed by atoms with Crippen LogP contribution in [-0.2, 0) is 4.74 Å². The number of nitrogens with one attached hydrogen (secondary N) is 1. The molecule has 1 amide bonds. The summed E-state index contributed by atoms with van der Waals surface area (Å²) in [5.74, 6) is 0.244. The molecule has 1 aliphatic heterocycles. The molecule has 2 aromatic rings. The molecule has 23 heavy (non-hydrogen) atoms. The lowest BCUT2D eigenvalue weighted by Crippen LogP contribution is -2.45. The number of furan rings is 1. The van der Waals surface area contributed by atoms with Crippen molar-refractivity contribution in [3.05, 3.63) is 35.6 Å². The number of carbonyl (C=O) groups excluding carboxylic acids is 1. The summed E-state index contributed by atoms with van der Waals surface area (Å²) in [6.45, 7) is 9.18. The van der Waals surface area contributed by atoms with Gasteiger partial charge in [-0.25, -0.2) is 0 Å². The van der Waals surface area contributed by atoms with Crippen LogP contribution in [-0.4, -0.2) is 24.7 Å². The average Bonchev–Trinajstić information content (AvgIpc) is 2.92. The molecule has 124 valence electrons. The van der Waals surface area contributed by atoms with Gasteiger partial charge in [-0.3, -0.25) is 4.79 Å². The van der Waals surface area contributed by atoms with E-state index in [2.05, 4.69) is 26.1 Å². The summed E-state index contributed by atoms with van der Waals surface area (Å²) < 4.78 is 11.6. The second kappa shape index (κ2) is 6.00. The third-order valence-electron chi connectivity index (χ3n) is 4.55. The predicted molar refractivity (Wildman–Crippen MR) is 90.6 cm³/mol. The van der Waals surface area contributed by atoms with Crippen molar-refractivity contribution in [1.82, 2.24) is 5.32 Å². The fourth-order valence-electron chi connectivity index (χ4n) is 3.11. The second-order valence-corrected chi connectivity index (χ2v) is 7.52. The molecular formula is C19H25NO3.